The average Bonchev–Trinajstić information content (AvgIpc) is 1.91. The van der Waals surface area contributed by atoms with Crippen molar-refractivity contribution < 1.29 is 10.2 Å². The van der Waals surface area contributed by atoms with E-state index in [1.807, 2.05) is 13.8 Å². The Morgan fingerprint density at radius 1 is 1.18 bits per heavy atom. The summed E-state index contributed by atoms with van der Waals surface area (Å²) in [6.45, 7) is 9.41. The Labute approximate surface area is 70.3 Å². The molecule has 0 saturated carbocycles. The van der Waals surface area contributed by atoms with Crippen molar-refractivity contribution >= 4 is 0 Å². The molecule has 0 aromatic carbocycles. The zero-order valence-electron chi connectivity index (χ0n) is 8.18. The summed E-state index contributed by atoms with van der Waals surface area (Å²) in [6.07, 6.45) is 3.02. The molecule has 0 aromatic rings. The molecule has 11 heavy (non-hydrogen) atoms. The molecule has 1 rings (SSSR count). The lowest BCUT2D eigenvalue weighted by atomic mass is 9.99. The van der Waals surface area contributed by atoms with Crippen molar-refractivity contribution in [2.75, 3.05) is 6.61 Å². The van der Waals surface area contributed by atoms with Gasteiger partial charge in [0, 0.05) is 6.61 Å². The molecule has 1 heterocycles. The highest BCUT2D eigenvalue weighted by Crippen LogP contribution is 2.18. The molecule has 2 atom stereocenters. The third kappa shape index (κ3) is 6.32. The summed E-state index contributed by atoms with van der Waals surface area (Å²) in [5.41, 5.74) is 0. The summed E-state index contributed by atoms with van der Waals surface area (Å²) in [4.78, 5) is 0. The Morgan fingerprint density at radius 2 is 1.73 bits per heavy atom. The molecule has 2 nitrogen and oxygen atoms in total. The molecule has 2 heteroatoms. The molecular formula is C9H22O2. The fraction of sp³-hybridized carbons (Fsp3) is 1.00. The lowest BCUT2D eigenvalue weighted by molar-refractivity contribution is 0.00682. The van der Waals surface area contributed by atoms with E-state index in [4.69, 9.17) is 4.74 Å². The van der Waals surface area contributed by atoms with Gasteiger partial charge in [-0.2, -0.15) is 0 Å². The van der Waals surface area contributed by atoms with Crippen molar-refractivity contribution in [1.29, 1.82) is 0 Å². The Hall–Kier alpha value is -0.0800. The molecule has 1 unspecified atom stereocenters. The summed E-state index contributed by atoms with van der Waals surface area (Å²) in [5.74, 6) is 0.888. The van der Waals surface area contributed by atoms with Gasteiger partial charge in [-0.05, 0) is 25.7 Å². The highest BCUT2D eigenvalue weighted by Gasteiger charge is 2.13. The van der Waals surface area contributed by atoms with Gasteiger partial charge in [0.1, 0.15) is 0 Å². The maximum atomic E-state index is 5.35. The first-order chi connectivity index (χ1) is 4.79. The zero-order valence-corrected chi connectivity index (χ0v) is 8.18. The SMILES string of the molecule is CC.CC1C[C@@H](C)CCO1.O. The highest BCUT2D eigenvalue weighted by atomic mass is 16.5. The molecule has 0 radical (unpaired) electrons. The van der Waals surface area contributed by atoms with E-state index in [9.17, 15) is 0 Å². The van der Waals surface area contributed by atoms with E-state index in [-0.39, 0.29) is 5.48 Å². The van der Waals surface area contributed by atoms with E-state index >= 15 is 0 Å². The third-order valence-corrected chi connectivity index (χ3v) is 1.75. The smallest absolute Gasteiger partial charge is 0.0549 e. The minimum atomic E-state index is 0. The molecule has 1 saturated heterocycles. The van der Waals surface area contributed by atoms with Crippen molar-refractivity contribution in [3.05, 3.63) is 0 Å². The highest BCUT2D eigenvalue weighted by molar-refractivity contribution is 4.63. The van der Waals surface area contributed by atoms with Gasteiger partial charge in [-0.15, -0.1) is 0 Å². The van der Waals surface area contributed by atoms with Crippen LogP contribution < -0.4 is 0 Å². The van der Waals surface area contributed by atoms with E-state index in [2.05, 4.69) is 13.8 Å². The van der Waals surface area contributed by atoms with E-state index in [1.54, 1.807) is 0 Å². The van der Waals surface area contributed by atoms with Crippen LogP contribution in [0.2, 0.25) is 0 Å². The first kappa shape index (κ1) is 13.5. The first-order valence-corrected chi connectivity index (χ1v) is 4.40. The van der Waals surface area contributed by atoms with Crippen LogP contribution in [0.15, 0.2) is 0 Å². The Bertz CT molecular complexity index is 66.0. The van der Waals surface area contributed by atoms with Crippen LogP contribution >= 0.6 is 0 Å². The molecular weight excluding hydrogens is 140 g/mol. The second-order valence-corrected chi connectivity index (χ2v) is 2.81. The van der Waals surface area contributed by atoms with Crippen LogP contribution in [0.4, 0.5) is 0 Å². The molecule has 0 spiro atoms. The molecule has 1 fully saturated rings. The quantitative estimate of drug-likeness (QED) is 0.537. The Balaban J connectivity index is 0. The number of hydrogen-bond donors (Lipinski definition) is 0. The summed E-state index contributed by atoms with van der Waals surface area (Å²) in [5, 5.41) is 0. The molecule has 70 valence electrons. The van der Waals surface area contributed by atoms with Crippen molar-refractivity contribution in [3.63, 3.8) is 0 Å². The number of hydrogen-bond acceptors (Lipinski definition) is 1. The summed E-state index contributed by atoms with van der Waals surface area (Å²) < 4.78 is 5.35. The second-order valence-electron chi connectivity index (χ2n) is 2.81. The topological polar surface area (TPSA) is 40.7 Å². The fourth-order valence-corrected chi connectivity index (χ4v) is 1.22. The molecule has 0 bridgehead atoms. The van der Waals surface area contributed by atoms with E-state index in [0.29, 0.717) is 6.10 Å². The van der Waals surface area contributed by atoms with Gasteiger partial charge in [-0.3, -0.25) is 0 Å². The summed E-state index contributed by atoms with van der Waals surface area (Å²) in [6, 6.07) is 0. The molecule has 0 aromatic heterocycles. The van der Waals surface area contributed by atoms with Crippen molar-refractivity contribution in [2.45, 2.75) is 46.6 Å². The number of rotatable bonds is 0. The first-order valence-electron chi connectivity index (χ1n) is 4.40. The molecule has 1 aliphatic rings. The fourth-order valence-electron chi connectivity index (χ4n) is 1.22. The Morgan fingerprint density at radius 3 is 2.00 bits per heavy atom. The number of ether oxygens (including phenoxy) is 1. The standard InChI is InChI=1S/C7H14O.C2H6.H2O/c1-6-3-4-8-7(2)5-6;1-2;/h6-7H,3-5H2,1-2H3;1-2H3;1H2/t6-,7?;;/m0../s1. The van der Waals surface area contributed by atoms with Crippen molar-refractivity contribution in [1.82, 2.24) is 0 Å². The molecule has 1 aliphatic heterocycles. The minimum absolute atomic E-state index is 0. The van der Waals surface area contributed by atoms with Crippen molar-refractivity contribution in [2.24, 2.45) is 5.92 Å². The summed E-state index contributed by atoms with van der Waals surface area (Å²) >= 11 is 0. The maximum absolute atomic E-state index is 5.35. The van der Waals surface area contributed by atoms with Gasteiger partial charge in [0.05, 0.1) is 6.10 Å². The third-order valence-electron chi connectivity index (χ3n) is 1.75. The van der Waals surface area contributed by atoms with Gasteiger partial charge < -0.3 is 10.2 Å². The van der Waals surface area contributed by atoms with Crippen LogP contribution in [-0.4, -0.2) is 18.2 Å². The van der Waals surface area contributed by atoms with E-state index in [1.165, 1.54) is 12.8 Å². The molecule has 0 aliphatic carbocycles. The van der Waals surface area contributed by atoms with Gasteiger partial charge in [0.15, 0.2) is 0 Å². The Kier molecular flexibility index (Phi) is 9.85. The van der Waals surface area contributed by atoms with Gasteiger partial charge in [-0.25, -0.2) is 0 Å². The minimum Gasteiger partial charge on any atom is -0.412 e. The van der Waals surface area contributed by atoms with Crippen LogP contribution in [-0.2, 0) is 4.74 Å². The van der Waals surface area contributed by atoms with Crippen LogP contribution in [0.3, 0.4) is 0 Å². The predicted molar refractivity (Wildman–Crippen MR) is 48.8 cm³/mol. The van der Waals surface area contributed by atoms with Crippen LogP contribution in [0, 0.1) is 5.92 Å². The maximum Gasteiger partial charge on any atom is 0.0549 e. The van der Waals surface area contributed by atoms with Gasteiger partial charge in [0.2, 0.25) is 0 Å². The van der Waals surface area contributed by atoms with Crippen LogP contribution in [0.1, 0.15) is 40.5 Å². The monoisotopic (exact) mass is 162 g/mol. The largest absolute Gasteiger partial charge is 0.412 e. The van der Waals surface area contributed by atoms with Crippen molar-refractivity contribution in [3.8, 4) is 0 Å². The molecule has 0 amide bonds. The lowest BCUT2D eigenvalue weighted by Gasteiger charge is -2.23. The van der Waals surface area contributed by atoms with E-state index in [0.717, 1.165) is 12.5 Å². The van der Waals surface area contributed by atoms with E-state index < -0.39 is 0 Å². The van der Waals surface area contributed by atoms with Gasteiger partial charge >= 0.3 is 0 Å². The average molecular weight is 162 g/mol. The summed E-state index contributed by atoms with van der Waals surface area (Å²) in [7, 11) is 0. The van der Waals surface area contributed by atoms with Crippen LogP contribution in [0.5, 0.6) is 0 Å². The predicted octanol–water partition coefficient (Wildman–Crippen LogP) is 2.02. The van der Waals surface area contributed by atoms with Gasteiger partial charge in [0.25, 0.3) is 0 Å². The lowest BCUT2D eigenvalue weighted by Crippen LogP contribution is -2.20. The second kappa shape index (κ2) is 8.02. The zero-order chi connectivity index (χ0) is 7.98. The van der Waals surface area contributed by atoms with Gasteiger partial charge in [-0.1, -0.05) is 20.8 Å². The molecule has 2 N–H and O–H groups in total. The van der Waals surface area contributed by atoms with Crippen LogP contribution in [0.25, 0.3) is 0 Å². The normalized spacial score (nSPS) is 29.5.